The molecule has 0 bridgehead atoms. The Kier molecular flexibility index (Phi) is 25.0. The number of hydrogen-bond donors (Lipinski definition) is 2. The Bertz CT molecular complexity index is 99.2. The third kappa shape index (κ3) is 105. The normalized spacial score (nSPS) is 7.25. The molecule has 4 nitrogen and oxygen atoms in total. The van der Waals surface area contributed by atoms with E-state index in [2.05, 4.69) is 0 Å². The fraction of sp³-hybridized carbons (Fsp3) is 0. The van der Waals surface area contributed by atoms with Gasteiger partial charge in [0, 0.05) is 27.3 Å². The molecule has 0 spiro atoms. The van der Waals surface area contributed by atoms with Crippen LogP contribution in [0, 0.1) is 0 Å². The molecular weight excluding hydrogens is 363 g/mol. The molecule has 0 atom stereocenters. The van der Waals surface area contributed by atoms with Gasteiger partial charge in [-0.3, -0.25) is 9.11 Å². The topological polar surface area (TPSA) is 74.6 Å². The van der Waals surface area contributed by atoms with E-state index in [1.165, 1.54) is 0 Å². The monoisotopic (exact) mass is 370 g/mol. The van der Waals surface area contributed by atoms with Gasteiger partial charge in [0.05, 0.1) is 0 Å². The van der Waals surface area contributed by atoms with E-state index in [1.54, 1.807) is 0 Å². The van der Waals surface area contributed by atoms with E-state index in [0.717, 1.165) is 0 Å². The van der Waals surface area contributed by atoms with E-state index in [-0.39, 0.29) is 63.6 Å². The summed E-state index contributed by atoms with van der Waals surface area (Å²) >= 11 is 0. The van der Waals surface area contributed by atoms with Crippen molar-refractivity contribution in [2.24, 2.45) is 0 Å². The Morgan fingerprint density at radius 2 is 1.12 bits per heavy atom. The second-order valence-corrected chi connectivity index (χ2v) is 1.34. The van der Waals surface area contributed by atoms with Crippen LogP contribution >= 0.6 is 12.4 Å². The van der Waals surface area contributed by atoms with Gasteiger partial charge in [-0.05, 0) is 0 Å². The summed E-state index contributed by atoms with van der Waals surface area (Å²) in [6.45, 7) is 0. The van der Waals surface area contributed by atoms with Crippen molar-refractivity contribution in [3.05, 3.63) is 0 Å². The van der Waals surface area contributed by atoms with Gasteiger partial charge in [-0.1, -0.05) is 0 Å². The van der Waals surface area contributed by atoms with Crippen LogP contribution in [0.25, 0.3) is 0 Å². The third-order valence-corrected chi connectivity index (χ3v) is 0. The summed E-state index contributed by atoms with van der Waals surface area (Å²) in [4.78, 5) is 0. The minimum atomic E-state index is -4.67. The molecule has 0 unspecified atom stereocenters. The molecule has 0 aromatic rings. The Hall–Kier alpha value is 1.88. The molecule has 2 radical (unpaired) electrons. The molecule has 8 heavy (non-hydrogen) atoms. The fourth-order valence-electron chi connectivity index (χ4n) is 0. The van der Waals surface area contributed by atoms with Crippen LogP contribution in [0.2, 0.25) is 0 Å². The predicted octanol–water partition coefficient (Wildman–Crippen LogP) is -1.15. The predicted molar refractivity (Wildman–Crippen MR) is 30.0 cm³/mol. The standard InChI is InChI=1S/Cd.ClH.H2O4S.Sn.2H/c;;1-5(2,3)4;;;/h;1H;(H2,1,2,3,4);;;. The van der Waals surface area contributed by atoms with Crippen molar-refractivity contribution in [3.8, 4) is 0 Å². The minimum absolute atomic E-state index is 0. The zero-order valence-corrected chi connectivity index (χ0v) is 13.6. The third-order valence-electron chi connectivity index (χ3n) is 0. The molecule has 0 aliphatic rings. The summed E-state index contributed by atoms with van der Waals surface area (Å²) in [5.41, 5.74) is 0. The van der Waals surface area contributed by atoms with Crippen LogP contribution in [0.5, 0.6) is 0 Å². The number of rotatable bonds is 0. The van der Waals surface area contributed by atoms with Crippen molar-refractivity contribution in [1.82, 2.24) is 0 Å². The quantitative estimate of drug-likeness (QED) is 0.419. The van der Waals surface area contributed by atoms with Crippen LogP contribution in [0.4, 0.5) is 0 Å². The van der Waals surface area contributed by atoms with Crippen LogP contribution in [0.1, 0.15) is 0 Å². The molecule has 0 aromatic carbocycles. The summed E-state index contributed by atoms with van der Waals surface area (Å²) in [5.74, 6) is 0. The molecule has 0 rings (SSSR count). The molecule has 0 aromatic heterocycles. The van der Waals surface area contributed by atoms with Gasteiger partial charge < -0.3 is 0 Å². The fourth-order valence-corrected chi connectivity index (χ4v) is 0. The van der Waals surface area contributed by atoms with Gasteiger partial charge in [0.15, 0.2) is 0 Å². The summed E-state index contributed by atoms with van der Waals surface area (Å²) in [5, 5.41) is 0. The Balaban J connectivity index is -0.0000000267. The van der Waals surface area contributed by atoms with Gasteiger partial charge >= 0.3 is 34.3 Å². The first-order valence-corrected chi connectivity index (χ1v) is 2.10. The van der Waals surface area contributed by atoms with E-state index in [9.17, 15) is 0 Å². The van der Waals surface area contributed by atoms with Crippen molar-refractivity contribution >= 4 is 46.7 Å². The zero-order valence-electron chi connectivity index (χ0n) is 3.94. The molecule has 0 amide bonds. The molecule has 0 saturated carbocycles. The molecule has 0 saturated heterocycles. The maximum atomic E-state index is 8.74. The summed E-state index contributed by atoms with van der Waals surface area (Å²) < 4.78 is 31.6. The second kappa shape index (κ2) is 8.88. The number of hydrogen-bond acceptors (Lipinski definition) is 2. The van der Waals surface area contributed by atoms with Gasteiger partial charge in [0.2, 0.25) is 0 Å². The van der Waals surface area contributed by atoms with Gasteiger partial charge in [-0.25, -0.2) is 0 Å². The maximum absolute atomic E-state index is 8.74. The van der Waals surface area contributed by atoms with Crippen LogP contribution in [0.3, 0.4) is 0 Å². The molecule has 48 valence electrons. The van der Waals surface area contributed by atoms with E-state index in [0.29, 0.717) is 0 Å². The molecule has 8 heteroatoms. The van der Waals surface area contributed by atoms with Gasteiger partial charge in [0.25, 0.3) is 0 Å². The second-order valence-electron chi connectivity index (χ2n) is 0.448. The van der Waals surface area contributed by atoms with Crippen molar-refractivity contribution in [2.75, 3.05) is 0 Å². The Labute approximate surface area is 90.5 Å². The number of halogens is 1. The van der Waals surface area contributed by atoms with Crippen molar-refractivity contribution in [2.45, 2.75) is 0 Å². The van der Waals surface area contributed by atoms with Crippen molar-refractivity contribution in [3.63, 3.8) is 0 Å². The summed E-state index contributed by atoms with van der Waals surface area (Å²) in [6.07, 6.45) is 0. The average molecular weight is 368 g/mol. The summed E-state index contributed by atoms with van der Waals surface area (Å²) in [6, 6.07) is 0. The molecule has 0 aliphatic carbocycles. The van der Waals surface area contributed by atoms with Gasteiger partial charge in [-0.15, -0.1) is 12.4 Å². The molecule has 0 aliphatic heterocycles. The van der Waals surface area contributed by atoms with Crippen LogP contribution in [-0.4, -0.2) is 41.4 Å². The first kappa shape index (κ1) is 22.5. The zero-order chi connectivity index (χ0) is 4.50. The van der Waals surface area contributed by atoms with E-state index in [1.807, 2.05) is 0 Å². The van der Waals surface area contributed by atoms with Crippen LogP contribution < -0.4 is 0 Å². The Morgan fingerprint density at radius 1 is 1.12 bits per heavy atom. The molecule has 2 N–H and O–H groups in total. The first-order chi connectivity index (χ1) is 2.00. The Morgan fingerprint density at radius 3 is 1.12 bits per heavy atom. The van der Waals surface area contributed by atoms with Crippen LogP contribution in [0.15, 0.2) is 0 Å². The average Bonchev–Trinajstić information content (AvgIpc) is 0.722. The van der Waals surface area contributed by atoms with E-state index < -0.39 is 10.4 Å². The van der Waals surface area contributed by atoms with Crippen LogP contribution in [-0.2, 0) is 37.7 Å². The van der Waals surface area contributed by atoms with Gasteiger partial charge in [-0.2, -0.15) is 8.42 Å². The summed E-state index contributed by atoms with van der Waals surface area (Å²) in [7, 11) is -4.67. The van der Waals surface area contributed by atoms with Crippen molar-refractivity contribution in [1.29, 1.82) is 0 Å². The van der Waals surface area contributed by atoms with Crippen molar-refractivity contribution < 1.29 is 44.8 Å². The first-order valence-electron chi connectivity index (χ1n) is 0.698. The van der Waals surface area contributed by atoms with E-state index in [4.69, 9.17) is 17.5 Å². The SMILES string of the molecule is Cl.O=S(=O)(O)O.[Cd].[SnH2]. The molecule has 0 heterocycles. The van der Waals surface area contributed by atoms with E-state index >= 15 is 0 Å². The van der Waals surface area contributed by atoms with Gasteiger partial charge in [0.1, 0.15) is 0 Å². The molecule has 0 fully saturated rings. The molecular formula is H5CdClO4SSn.